The van der Waals surface area contributed by atoms with Gasteiger partial charge in [0.15, 0.2) is 0 Å². The number of nitrogens with zero attached hydrogens (tertiary/aromatic N) is 3. The molecule has 0 bridgehead atoms. The van der Waals surface area contributed by atoms with E-state index in [1.165, 1.54) is 0 Å². The largest absolute Gasteiger partial charge is 0.478 e. The normalized spacial score (nSPS) is 10.1. The van der Waals surface area contributed by atoms with Gasteiger partial charge < -0.3 is 5.11 Å². The zero-order valence-corrected chi connectivity index (χ0v) is 10.0. The molecule has 0 aliphatic carbocycles. The van der Waals surface area contributed by atoms with Gasteiger partial charge in [-0.1, -0.05) is 6.07 Å². The first-order valence-electron chi connectivity index (χ1n) is 5.34. The summed E-state index contributed by atoms with van der Waals surface area (Å²) in [6.45, 7) is 3.35. The van der Waals surface area contributed by atoms with Crippen LogP contribution < -0.4 is 0 Å². The van der Waals surface area contributed by atoms with Crippen LogP contribution in [0.3, 0.4) is 0 Å². The summed E-state index contributed by atoms with van der Waals surface area (Å²) in [5, 5.41) is 22.2. The minimum absolute atomic E-state index is 0.206. The maximum absolute atomic E-state index is 11.1. The molecule has 5 heteroatoms. The minimum Gasteiger partial charge on any atom is -0.478 e. The number of aryl methyl sites for hydroxylation is 1. The summed E-state index contributed by atoms with van der Waals surface area (Å²) in [6.07, 6.45) is 0. The summed E-state index contributed by atoms with van der Waals surface area (Å²) in [5.74, 6) is -0.993. The first-order chi connectivity index (χ1) is 8.54. The van der Waals surface area contributed by atoms with E-state index < -0.39 is 5.97 Å². The average Bonchev–Trinajstić information content (AvgIpc) is 2.65. The van der Waals surface area contributed by atoms with Crippen molar-refractivity contribution in [2.45, 2.75) is 13.8 Å². The van der Waals surface area contributed by atoms with E-state index in [4.69, 9.17) is 10.4 Å². The number of rotatable bonds is 2. The highest BCUT2D eigenvalue weighted by Crippen LogP contribution is 2.18. The molecule has 1 aromatic carbocycles. The summed E-state index contributed by atoms with van der Waals surface area (Å²) in [6, 6.07) is 8.93. The highest BCUT2D eigenvalue weighted by atomic mass is 16.4. The fourth-order valence-corrected chi connectivity index (χ4v) is 1.91. The number of carbonyl (C=O) groups is 1. The van der Waals surface area contributed by atoms with E-state index in [1.807, 2.05) is 6.07 Å². The second-order valence-corrected chi connectivity index (χ2v) is 3.92. The second kappa shape index (κ2) is 4.34. The molecular formula is C13H11N3O2. The number of carboxylic acid groups (broad SMARTS) is 1. The van der Waals surface area contributed by atoms with Crippen LogP contribution in [0.15, 0.2) is 24.3 Å². The Morgan fingerprint density at radius 1 is 1.44 bits per heavy atom. The molecule has 0 fully saturated rings. The number of hydrogen-bond donors (Lipinski definition) is 1. The molecule has 5 nitrogen and oxygen atoms in total. The molecule has 0 unspecified atom stereocenters. The van der Waals surface area contributed by atoms with E-state index in [1.54, 1.807) is 42.8 Å². The fraction of sp³-hybridized carbons (Fsp3) is 0.154. The van der Waals surface area contributed by atoms with E-state index in [0.717, 1.165) is 0 Å². The summed E-state index contributed by atoms with van der Waals surface area (Å²) in [4.78, 5) is 11.1. The van der Waals surface area contributed by atoms with Gasteiger partial charge in [0, 0.05) is 0 Å². The number of hydrogen-bond acceptors (Lipinski definition) is 3. The lowest BCUT2D eigenvalue weighted by atomic mass is 10.2. The van der Waals surface area contributed by atoms with Crippen molar-refractivity contribution in [2.24, 2.45) is 0 Å². The Morgan fingerprint density at radius 2 is 2.17 bits per heavy atom. The Hall–Kier alpha value is -2.61. The summed E-state index contributed by atoms with van der Waals surface area (Å²) < 4.78 is 1.54. The van der Waals surface area contributed by atoms with Crippen LogP contribution in [0.1, 0.15) is 27.3 Å². The van der Waals surface area contributed by atoms with Crippen LogP contribution in [0.2, 0.25) is 0 Å². The van der Waals surface area contributed by atoms with Crippen LogP contribution in [0, 0.1) is 25.2 Å². The van der Waals surface area contributed by atoms with Crippen LogP contribution in [0.4, 0.5) is 0 Å². The van der Waals surface area contributed by atoms with Gasteiger partial charge in [0.25, 0.3) is 0 Å². The molecular weight excluding hydrogens is 230 g/mol. The van der Waals surface area contributed by atoms with E-state index >= 15 is 0 Å². The maximum atomic E-state index is 11.1. The number of aromatic nitrogens is 2. The van der Waals surface area contributed by atoms with Crippen LogP contribution in [0.25, 0.3) is 5.69 Å². The van der Waals surface area contributed by atoms with Gasteiger partial charge in [0.1, 0.15) is 5.56 Å². The Labute approximate surface area is 104 Å². The summed E-state index contributed by atoms with van der Waals surface area (Å²) in [7, 11) is 0. The van der Waals surface area contributed by atoms with Gasteiger partial charge >= 0.3 is 5.97 Å². The van der Waals surface area contributed by atoms with Gasteiger partial charge in [-0.15, -0.1) is 0 Å². The van der Waals surface area contributed by atoms with E-state index in [0.29, 0.717) is 22.6 Å². The molecule has 1 aromatic heterocycles. The zero-order valence-electron chi connectivity index (χ0n) is 10.0. The monoisotopic (exact) mass is 241 g/mol. The number of nitriles is 1. The molecule has 0 radical (unpaired) electrons. The zero-order chi connectivity index (χ0) is 13.3. The summed E-state index contributed by atoms with van der Waals surface area (Å²) in [5.41, 5.74) is 2.41. The van der Waals surface area contributed by atoms with Crippen molar-refractivity contribution in [2.75, 3.05) is 0 Å². The SMILES string of the molecule is Cc1nn(-c2cccc(C#N)c2)c(C)c1C(=O)O. The fourth-order valence-electron chi connectivity index (χ4n) is 1.91. The number of benzene rings is 1. The molecule has 0 amide bonds. The van der Waals surface area contributed by atoms with Crippen LogP contribution in [-0.4, -0.2) is 20.9 Å². The lowest BCUT2D eigenvalue weighted by Gasteiger charge is -2.04. The van der Waals surface area contributed by atoms with Crippen molar-refractivity contribution in [3.63, 3.8) is 0 Å². The Bertz CT molecular complexity index is 665. The van der Waals surface area contributed by atoms with E-state index in [9.17, 15) is 4.79 Å². The Kier molecular flexibility index (Phi) is 2.86. The molecule has 2 rings (SSSR count). The summed E-state index contributed by atoms with van der Waals surface area (Å²) >= 11 is 0. The topological polar surface area (TPSA) is 78.9 Å². The Morgan fingerprint density at radius 3 is 2.72 bits per heavy atom. The van der Waals surface area contributed by atoms with Crippen molar-refractivity contribution in [1.29, 1.82) is 5.26 Å². The van der Waals surface area contributed by atoms with Gasteiger partial charge in [0.05, 0.1) is 28.7 Å². The van der Waals surface area contributed by atoms with Gasteiger partial charge in [-0.3, -0.25) is 0 Å². The van der Waals surface area contributed by atoms with Crippen LogP contribution in [-0.2, 0) is 0 Å². The standard InChI is InChI=1S/C13H11N3O2/c1-8-12(13(17)18)9(2)16(15-8)11-5-3-4-10(6-11)7-14/h3-6H,1-2H3,(H,17,18). The van der Waals surface area contributed by atoms with Crippen LogP contribution >= 0.6 is 0 Å². The predicted octanol–water partition coefficient (Wildman–Crippen LogP) is 2.06. The number of aromatic carboxylic acids is 1. The highest BCUT2D eigenvalue weighted by molar-refractivity contribution is 5.90. The highest BCUT2D eigenvalue weighted by Gasteiger charge is 2.18. The molecule has 0 aliphatic heterocycles. The van der Waals surface area contributed by atoms with Crippen molar-refractivity contribution in [1.82, 2.24) is 9.78 Å². The molecule has 2 aromatic rings. The molecule has 0 atom stereocenters. The third-order valence-electron chi connectivity index (χ3n) is 2.73. The van der Waals surface area contributed by atoms with Crippen molar-refractivity contribution >= 4 is 5.97 Å². The first kappa shape index (κ1) is 11.9. The average molecular weight is 241 g/mol. The molecule has 0 saturated carbocycles. The minimum atomic E-state index is -0.993. The third kappa shape index (κ3) is 1.84. The molecule has 90 valence electrons. The van der Waals surface area contributed by atoms with Gasteiger partial charge in [-0.2, -0.15) is 10.4 Å². The smallest absolute Gasteiger partial charge is 0.339 e. The van der Waals surface area contributed by atoms with E-state index in [-0.39, 0.29) is 5.56 Å². The van der Waals surface area contributed by atoms with Crippen molar-refractivity contribution in [3.05, 3.63) is 46.8 Å². The predicted molar refractivity (Wildman–Crippen MR) is 64.7 cm³/mol. The maximum Gasteiger partial charge on any atom is 0.339 e. The molecule has 18 heavy (non-hydrogen) atoms. The van der Waals surface area contributed by atoms with Crippen LogP contribution in [0.5, 0.6) is 0 Å². The Balaban J connectivity index is 2.62. The molecule has 0 spiro atoms. The second-order valence-electron chi connectivity index (χ2n) is 3.92. The molecule has 1 N–H and O–H groups in total. The molecule has 0 saturated heterocycles. The first-order valence-corrected chi connectivity index (χ1v) is 5.34. The third-order valence-corrected chi connectivity index (χ3v) is 2.73. The van der Waals surface area contributed by atoms with Gasteiger partial charge in [-0.25, -0.2) is 9.48 Å². The number of carboxylic acids is 1. The van der Waals surface area contributed by atoms with E-state index in [2.05, 4.69) is 5.10 Å². The van der Waals surface area contributed by atoms with Gasteiger partial charge in [0.2, 0.25) is 0 Å². The lowest BCUT2D eigenvalue weighted by Crippen LogP contribution is -2.02. The van der Waals surface area contributed by atoms with Crippen molar-refractivity contribution in [3.8, 4) is 11.8 Å². The molecule has 1 heterocycles. The molecule has 0 aliphatic rings. The lowest BCUT2D eigenvalue weighted by molar-refractivity contribution is 0.0695. The quantitative estimate of drug-likeness (QED) is 0.872. The van der Waals surface area contributed by atoms with Gasteiger partial charge in [-0.05, 0) is 32.0 Å². The van der Waals surface area contributed by atoms with Crippen molar-refractivity contribution < 1.29 is 9.90 Å².